The fourth-order valence-electron chi connectivity index (χ4n) is 1.89. The van der Waals surface area contributed by atoms with Crippen molar-refractivity contribution in [1.29, 1.82) is 0 Å². The van der Waals surface area contributed by atoms with Crippen LogP contribution in [0.1, 0.15) is 51.6 Å². The molecule has 118 valence electrons. The third kappa shape index (κ3) is 3.16. The van der Waals surface area contributed by atoms with Crippen LogP contribution in [0, 0.1) is 6.92 Å². The zero-order valence-electron chi connectivity index (χ0n) is 12.9. The average Bonchev–Trinajstić information content (AvgIpc) is 3.14. The van der Waals surface area contributed by atoms with Gasteiger partial charge in [0.15, 0.2) is 11.4 Å². The molecule has 22 heavy (non-hydrogen) atoms. The largest absolute Gasteiger partial charge is 0.461 e. The molecular weight excluding hydrogens is 304 g/mol. The van der Waals surface area contributed by atoms with E-state index in [1.165, 1.54) is 22.6 Å². The van der Waals surface area contributed by atoms with Crippen LogP contribution in [0.25, 0.3) is 0 Å². The Morgan fingerprint density at radius 2 is 2.23 bits per heavy atom. The van der Waals surface area contributed by atoms with Gasteiger partial charge < -0.3 is 14.6 Å². The molecule has 0 saturated heterocycles. The van der Waals surface area contributed by atoms with E-state index in [1.807, 2.05) is 19.2 Å². The molecule has 0 radical (unpaired) electrons. The summed E-state index contributed by atoms with van der Waals surface area (Å²) in [5.74, 6) is -0.945. The van der Waals surface area contributed by atoms with E-state index in [4.69, 9.17) is 4.74 Å². The molecule has 1 unspecified atom stereocenters. The number of ether oxygens (including phenoxy) is 1. The van der Waals surface area contributed by atoms with Crippen LogP contribution in [0.2, 0.25) is 0 Å². The van der Waals surface area contributed by atoms with Gasteiger partial charge in [0.05, 0.1) is 19.0 Å². The summed E-state index contributed by atoms with van der Waals surface area (Å²) in [7, 11) is 1.66. The highest BCUT2D eigenvalue weighted by molar-refractivity contribution is 7.09. The topological polar surface area (TPSA) is 88.2 Å². The van der Waals surface area contributed by atoms with Gasteiger partial charge in [0, 0.05) is 18.1 Å². The minimum atomic E-state index is -0.588. The molecular formula is C14H18N4O3S. The first-order chi connectivity index (χ1) is 10.5. The Hall–Kier alpha value is -2.22. The van der Waals surface area contributed by atoms with E-state index in [1.54, 1.807) is 14.0 Å². The van der Waals surface area contributed by atoms with Gasteiger partial charge in [-0.15, -0.1) is 11.3 Å². The normalized spacial score (nSPS) is 12.0. The number of carbonyl (C=O) groups is 2. The Morgan fingerprint density at radius 1 is 1.50 bits per heavy atom. The lowest BCUT2D eigenvalue weighted by Crippen LogP contribution is -2.31. The molecule has 2 rings (SSSR count). The number of nitrogens with zero attached hydrogens (tertiary/aromatic N) is 3. The summed E-state index contributed by atoms with van der Waals surface area (Å²) >= 11 is 1.49. The quantitative estimate of drug-likeness (QED) is 0.852. The molecule has 1 amide bonds. The minimum Gasteiger partial charge on any atom is -0.461 e. The predicted octanol–water partition coefficient (Wildman–Crippen LogP) is 2.18. The van der Waals surface area contributed by atoms with Gasteiger partial charge in [-0.1, -0.05) is 0 Å². The Kier molecular flexibility index (Phi) is 4.92. The highest BCUT2D eigenvalue weighted by Crippen LogP contribution is 2.24. The number of H-pyrrole nitrogens is 1. The molecule has 8 heteroatoms. The Balaban J connectivity index is 2.21. The highest BCUT2D eigenvalue weighted by Gasteiger charge is 2.27. The number of carbonyl (C=O) groups excluding carboxylic acids is 2. The highest BCUT2D eigenvalue weighted by atomic mass is 32.1. The van der Waals surface area contributed by atoms with Crippen LogP contribution in [0.4, 0.5) is 0 Å². The molecule has 0 aliphatic rings. The second-order valence-corrected chi connectivity index (χ2v) is 5.66. The van der Waals surface area contributed by atoms with Crippen molar-refractivity contribution >= 4 is 23.2 Å². The molecule has 2 aromatic heterocycles. The van der Waals surface area contributed by atoms with Crippen LogP contribution >= 0.6 is 11.3 Å². The number of esters is 1. The Labute approximate surface area is 132 Å². The third-order valence-corrected chi connectivity index (χ3v) is 4.35. The van der Waals surface area contributed by atoms with Crippen molar-refractivity contribution in [2.45, 2.75) is 26.8 Å². The number of nitrogens with one attached hydrogen (secondary N) is 1. The second-order valence-electron chi connectivity index (χ2n) is 4.77. The molecule has 2 aromatic rings. The van der Waals surface area contributed by atoms with Gasteiger partial charge in [-0.2, -0.15) is 0 Å². The maximum atomic E-state index is 12.6. The molecule has 0 saturated carbocycles. The van der Waals surface area contributed by atoms with E-state index in [0.717, 1.165) is 10.7 Å². The van der Waals surface area contributed by atoms with Crippen molar-refractivity contribution in [1.82, 2.24) is 19.9 Å². The second kappa shape index (κ2) is 6.69. The van der Waals surface area contributed by atoms with E-state index in [9.17, 15) is 9.59 Å². The lowest BCUT2D eigenvalue weighted by atomic mass is 10.2. The minimum absolute atomic E-state index is 0.0566. The number of hydrogen-bond donors (Lipinski definition) is 1. The maximum Gasteiger partial charge on any atom is 0.357 e. The molecule has 1 N–H and O–H groups in total. The number of aromatic nitrogens is 3. The third-order valence-electron chi connectivity index (χ3n) is 3.22. The monoisotopic (exact) mass is 322 g/mol. The Morgan fingerprint density at radius 3 is 2.82 bits per heavy atom. The molecule has 0 spiro atoms. The first-order valence-electron chi connectivity index (χ1n) is 6.85. The van der Waals surface area contributed by atoms with E-state index < -0.39 is 5.97 Å². The number of aryl methyl sites for hydroxylation is 1. The van der Waals surface area contributed by atoms with Gasteiger partial charge in [-0.05, 0) is 20.8 Å². The van der Waals surface area contributed by atoms with E-state index in [0.29, 0.717) is 0 Å². The molecule has 0 aliphatic carbocycles. The smallest absolute Gasteiger partial charge is 0.357 e. The van der Waals surface area contributed by atoms with Crippen LogP contribution < -0.4 is 0 Å². The SMILES string of the molecule is CCOC(=O)c1[nH]cnc1C(=O)N(C)C(C)c1nc(C)cs1. The lowest BCUT2D eigenvalue weighted by molar-refractivity contribution is 0.0511. The molecule has 7 nitrogen and oxygen atoms in total. The summed E-state index contributed by atoms with van der Waals surface area (Å²) in [4.78, 5) is 36.9. The fourth-order valence-corrected chi connectivity index (χ4v) is 2.78. The van der Waals surface area contributed by atoms with Crippen molar-refractivity contribution in [2.24, 2.45) is 0 Å². The summed E-state index contributed by atoms with van der Waals surface area (Å²) in [5, 5.41) is 2.77. The first-order valence-corrected chi connectivity index (χ1v) is 7.73. The number of amides is 1. The van der Waals surface area contributed by atoms with Gasteiger partial charge in [-0.25, -0.2) is 14.8 Å². The van der Waals surface area contributed by atoms with Crippen LogP contribution in [0.15, 0.2) is 11.7 Å². The molecule has 2 heterocycles. The average molecular weight is 322 g/mol. The van der Waals surface area contributed by atoms with Gasteiger partial charge in [-0.3, -0.25) is 4.79 Å². The van der Waals surface area contributed by atoms with E-state index in [2.05, 4.69) is 15.0 Å². The summed E-state index contributed by atoms with van der Waals surface area (Å²) in [6.45, 7) is 5.72. The molecule has 0 bridgehead atoms. The van der Waals surface area contributed by atoms with Gasteiger partial charge in [0.25, 0.3) is 5.91 Å². The summed E-state index contributed by atoms with van der Waals surface area (Å²) in [5.41, 5.74) is 1.04. The van der Waals surface area contributed by atoms with Crippen LogP contribution in [-0.2, 0) is 4.74 Å². The van der Waals surface area contributed by atoms with Crippen LogP contribution in [-0.4, -0.2) is 45.4 Å². The van der Waals surface area contributed by atoms with Crippen molar-refractivity contribution < 1.29 is 14.3 Å². The molecule has 0 fully saturated rings. The lowest BCUT2D eigenvalue weighted by Gasteiger charge is -2.22. The maximum absolute atomic E-state index is 12.6. The summed E-state index contributed by atoms with van der Waals surface area (Å²) < 4.78 is 4.91. The zero-order valence-corrected chi connectivity index (χ0v) is 13.7. The predicted molar refractivity (Wildman–Crippen MR) is 81.9 cm³/mol. The zero-order chi connectivity index (χ0) is 16.3. The first kappa shape index (κ1) is 16.2. The molecule has 0 aliphatic heterocycles. The van der Waals surface area contributed by atoms with Gasteiger partial charge >= 0.3 is 5.97 Å². The van der Waals surface area contributed by atoms with Crippen molar-refractivity contribution in [3.63, 3.8) is 0 Å². The van der Waals surface area contributed by atoms with Gasteiger partial charge in [0.1, 0.15) is 5.01 Å². The van der Waals surface area contributed by atoms with Crippen molar-refractivity contribution in [3.05, 3.63) is 33.8 Å². The van der Waals surface area contributed by atoms with Crippen molar-refractivity contribution in [2.75, 3.05) is 13.7 Å². The summed E-state index contributed by atoms with van der Waals surface area (Å²) in [6.07, 6.45) is 1.31. The molecule has 1 atom stereocenters. The van der Waals surface area contributed by atoms with Crippen LogP contribution in [0.5, 0.6) is 0 Å². The van der Waals surface area contributed by atoms with Gasteiger partial charge in [0.2, 0.25) is 0 Å². The van der Waals surface area contributed by atoms with E-state index in [-0.39, 0.29) is 29.9 Å². The fraction of sp³-hybridized carbons (Fsp3) is 0.429. The number of aromatic amines is 1. The molecule has 0 aromatic carbocycles. The van der Waals surface area contributed by atoms with Crippen LogP contribution in [0.3, 0.4) is 0 Å². The Bertz CT molecular complexity index is 679. The number of hydrogen-bond acceptors (Lipinski definition) is 6. The number of imidazole rings is 1. The van der Waals surface area contributed by atoms with E-state index >= 15 is 0 Å². The number of rotatable bonds is 5. The van der Waals surface area contributed by atoms with Crippen molar-refractivity contribution in [3.8, 4) is 0 Å². The standard InChI is InChI=1S/C14H18N4O3S/c1-5-21-14(20)11-10(15-7-16-11)13(19)18(4)9(3)12-17-8(2)6-22-12/h6-7,9H,5H2,1-4H3,(H,15,16). The summed E-state index contributed by atoms with van der Waals surface area (Å²) in [6, 6.07) is -0.210. The number of thiazole rings is 1.